The van der Waals surface area contributed by atoms with Gasteiger partial charge in [-0.25, -0.2) is 4.52 Å². The van der Waals surface area contributed by atoms with E-state index in [2.05, 4.69) is 101 Å². The fraction of sp³-hybridized carbons (Fsp3) is 0.471. The highest BCUT2D eigenvalue weighted by Gasteiger charge is 2.34. The molecule has 3 aliphatic heterocycles. The molecule has 0 radical (unpaired) electrons. The molecule has 0 spiro atoms. The van der Waals surface area contributed by atoms with Crippen LogP contribution in [0.1, 0.15) is 45.9 Å². The third-order valence-corrected chi connectivity index (χ3v) is 8.28. The van der Waals surface area contributed by atoms with E-state index >= 15 is 0 Å². The number of pyridine rings is 1. The summed E-state index contributed by atoms with van der Waals surface area (Å²) in [5, 5.41) is 17.4. The van der Waals surface area contributed by atoms with Gasteiger partial charge in [-0.15, -0.1) is 0 Å². The summed E-state index contributed by atoms with van der Waals surface area (Å²) in [7, 11) is 0. The molecule has 0 amide bonds. The number of fused-ring (bicyclic) bond motifs is 1. The van der Waals surface area contributed by atoms with E-state index in [0.717, 1.165) is 56.9 Å². The average Bonchev–Trinajstić information content (AvgIpc) is 3.49. The van der Waals surface area contributed by atoms with Gasteiger partial charge in [-0.2, -0.15) is 10.4 Å². The lowest BCUT2D eigenvalue weighted by molar-refractivity contribution is -0.0460. The highest BCUT2D eigenvalue weighted by molar-refractivity contribution is 5.74. The molecular formula is C34H45N7O. The number of allylic oxidation sites excluding steroid dienone is 2. The van der Waals surface area contributed by atoms with Gasteiger partial charge in [-0.1, -0.05) is 44.2 Å². The molecule has 2 unspecified atom stereocenters. The van der Waals surface area contributed by atoms with Crippen LogP contribution in [0.3, 0.4) is 0 Å². The Kier molecular flexibility index (Phi) is 9.51. The Balaban J connectivity index is 0.00000173. The average molecular weight is 568 g/mol. The van der Waals surface area contributed by atoms with E-state index < -0.39 is 0 Å². The van der Waals surface area contributed by atoms with E-state index in [1.54, 1.807) is 10.7 Å². The second kappa shape index (κ2) is 13.5. The largest absolute Gasteiger partial charge is 0.383 e. The number of dihydropyridines is 1. The monoisotopic (exact) mass is 567 g/mol. The van der Waals surface area contributed by atoms with Crippen molar-refractivity contribution in [3.63, 3.8) is 0 Å². The Bertz CT molecular complexity index is 1440. The Morgan fingerprint density at radius 3 is 2.57 bits per heavy atom. The number of hydrogen-bond donors (Lipinski definition) is 1. The van der Waals surface area contributed by atoms with Crippen molar-refractivity contribution >= 4 is 11.2 Å². The number of aromatic nitrogens is 2. The van der Waals surface area contributed by atoms with Crippen LogP contribution in [-0.2, 0) is 11.2 Å². The van der Waals surface area contributed by atoms with E-state index in [9.17, 15) is 5.26 Å². The molecule has 2 fully saturated rings. The van der Waals surface area contributed by atoms with Crippen LogP contribution >= 0.6 is 0 Å². The van der Waals surface area contributed by atoms with Gasteiger partial charge in [-0.3, -0.25) is 4.90 Å². The van der Waals surface area contributed by atoms with Gasteiger partial charge in [-0.05, 0) is 63.1 Å². The molecule has 8 heteroatoms. The Labute approximate surface area is 250 Å². The van der Waals surface area contributed by atoms with Gasteiger partial charge in [0.15, 0.2) is 0 Å². The maximum Gasteiger partial charge on any atom is 0.142 e. The van der Waals surface area contributed by atoms with Gasteiger partial charge in [0.1, 0.15) is 11.8 Å². The molecule has 3 aromatic rings. The van der Waals surface area contributed by atoms with Crippen LogP contribution in [0.2, 0.25) is 0 Å². The molecule has 6 rings (SSSR count). The normalized spacial score (nSPS) is 24.7. The number of rotatable bonds is 6. The summed E-state index contributed by atoms with van der Waals surface area (Å²) in [5.41, 5.74) is 6.56. The van der Waals surface area contributed by atoms with Crippen molar-refractivity contribution < 1.29 is 4.74 Å². The number of morpholine rings is 1. The second-order valence-corrected chi connectivity index (χ2v) is 11.5. The van der Waals surface area contributed by atoms with Crippen molar-refractivity contribution in [3.8, 4) is 6.07 Å². The SMILES string of the molecule is CC.CC1=CC(N2CCN(C[C@H]3CN(c4ccc(C#N)n5nccc45)C[C@@H](C)O3)C(Cc3ccccc3)C2)=CC(C)N1. The summed E-state index contributed by atoms with van der Waals surface area (Å²) >= 11 is 0. The Morgan fingerprint density at radius 1 is 1.00 bits per heavy atom. The number of piperazine rings is 1. The van der Waals surface area contributed by atoms with Crippen LogP contribution in [0, 0.1) is 11.3 Å². The fourth-order valence-corrected chi connectivity index (χ4v) is 6.57. The lowest BCUT2D eigenvalue weighted by atomic mass is 10.00. The summed E-state index contributed by atoms with van der Waals surface area (Å²) in [6.45, 7) is 16.1. The Morgan fingerprint density at radius 2 is 1.81 bits per heavy atom. The molecule has 42 heavy (non-hydrogen) atoms. The number of nitrogens with one attached hydrogen (secondary N) is 1. The van der Waals surface area contributed by atoms with Crippen LogP contribution in [0.5, 0.6) is 0 Å². The highest BCUT2D eigenvalue weighted by Crippen LogP contribution is 2.28. The smallest absolute Gasteiger partial charge is 0.142 e. The maximum absolute atomic E-state index is 9.52. The molecule has 2 saturated heterocycles. The molecule has 1 N–H and O–H groups in total. The van der Waals surface area contributed by atoms with Gasteiger partial charge >= 0.3 is 0 Å². The predicted octanol–water partition coefficient (Wildman–Crippen LogP) is 4.83. The van der Waals surface area contributed by atoms with Crippen LogP contribution in [0.25, 0.3) is 5.52 Å². The molecule has 0 saturated carbocycles. The van der Waals surface area contributed by atoms with Crippen molar-refractivity contribution in [3.05, 3.63) is 89.5 Å². The first-order valence-electron chi connectivity index (χ1n) is 15.4. The van der Waals surface area contributed by atoms with Crippen LogP contribution in [0.4, 0.5) is 5.69 Å². The first-order valence-corrected chi connectivity index (χ1v) is 15.4. The minimum Gasteiger partial charge on any atom is -0.383 e. The van der Waals surface area contributed by atoms with Crippen molar-refractivity contribution in [2.45, 2.75) is 65.3 Å². The molecular weight excluding hydrogens is 522 g/mol. The van der Waals surface area contributed by atoms with Gasteiger partial charge in [0.2, 0.25) is 0 Å². The predicted molar refractivity (Wildman–Crippen MR) is 169 cm³/mol. The van der Waals surface area contributed by atoms with Gasteiger partial charge in [0, 0.05) is 62.7 Å². The fourth-order valence-electron chi connectivity index (χ4n) is 6.57. The van der Waals surface area contributed by atoms with E-state index in [4.69, 9.17) is 4.74 Å². The van der Waals surface area contributed by atoms with Crippen molar-refractivity contribution in [1.29, 1.82) is 5.26 Å². The summed E-state index contributed by atoms with van der Waals surface area (Å²) in [4.78, 5) is 7.63. The summed E-state index contributed by atoms with van der Waals surface area (Å²) < 4.78 is 8.29. The lowest BCUT2D eigenvalue weighted by Gasteiger charge is -2.46. The summed E-state index contributed by atoms with van der Waals surface area (Å²) in [6.07, 6.45) is 7.62. The van der Waals surface area contributed by atoms with E-state index in [-0.39, 0.29) is 12.2 Å². The Hall–Kier alpha value is -3.80. The number of nitrogens with zero attached hydrogens (tertiary/aromatic N) is 6. The van der Waals surface area contributed by atoms with Crippen LogP contribution < -0.4 is 10.2 Å². The second-order valence-electron chi connectivity index (χ2n) is 11.5. The van der Waals surface area contributed by atoms with Crippen LogP contribution in [-0.4, -0.2) is 83.0 Å². The lowest BCUT2D eigenvalue weighted by Crippen LogP contribution is -2.58. The molecule has 5 heterocycles. The third kappa shape index (κ3) is 6.64. The van der Waals surface area contributed by atoms with E-state index in [1.807, 2.05) is 26.0 Å². The molecule has 2 aromatic heterocycles. The minimum atomic E-state index is 0.0902. The molecule has 3 aliphatic rings. The van der Waals surface area contributed by atoms with Gasteiger partial charge in [0.25, 0.3) is 0 Å². The van der Waals surface area contributed by atoms with E-state index in [0.29, 0.717) is 17.8 Å². The van der Waals surface area contributed by atoms with Crippen molar-refractivity contribution in [2.75, 3.05) is 44.2 Å². The molecule has 222 valence electrons. The number of ether oxygens (including phenoxy) is 1. The van der Waals surface area contributed by atoms with Crippen molar-refractivity contribution in [2.24, 2.45) is 0 Å². The zero-order valence-corrected chi connectivity index (χ0v) is 25.7. The molecule has 0 aliphatic carbocycles. The number of anilines is 1. The number of benzene rings is 1. The van der Waals surface area contributed by atoms with Gasteiger partial charge < -0.3 is 19.9 Å². The first-order chi connectivity index (χ1) is 20.5. The molecule has 8 nitrogen and oxygen atoms in total. The number of hydrogen-bond acceptors (Lipinski definition) is 7. The maximum atomic E-state index is 9.52. The summed E-state index contributed by atoms with van der Waals surface area (Å²) in [6, 6.07) is 19.8. The van der Waals surface area contributed by atoms with Crippen molar-refractivity contribution in [1.82, 2.24) is 24.7 Å². The first kappa shape index (κ1) is 29.7. The molecule has 1 aromatic carbocycles. The standard InChI is InChI=1S/C32H39N7O.C2H6/c1-23-15-28(16-24(2)35-23)36-13-14-37(29(20-36)17-26-7-5-4-6-8-26)21-30-22-38(19-25(3)40-30)31-10-9-27(18-33)39-32(31)11-12-34-39;1-2/h4-12,15-16,23,25,29-30,35H,13-14,17,19-22H2,1-3H3;1-2H3/t23?,25-,29?,30+;/m1./s1. The van der Waals surface area contributed by atoms with E-state index in [1.165, 1.54) is 17.0 Å². The molecule has 4 atom stereocenters. The minimum absolute atomic E-state index is 0.0902. The van der Waals surface area contributed by atoms with Crippen LogP contribution in [0.15, 0.2) is 78.3 Å². The third-order valence-electron chi connectivity index (χ3n) is 8.28. The van der Waals surface area contributed by atoms with Gasteiger partial charge in [0.05, 0.1) is 29.6 Å². The zero-order chi connectivity index (χ0) is 29.6. The quantitative estimate of drug-likeness (QED) is 0.457. The highest BCUT2D eigenvalue weighted by atomic mass is 16.5. The molecule has 0 bridgehead atoms. The number of nitriles is 1. The summed E-state index contributed by atoms with van der Waals surface area (Å²) in [5.74, 6) is 0. The topological polar surface area (TPSA) is 72.1 Å². The zero-order valence-electron chi connectivity index (χ0n) is 25.7.